The number of hydrogen-bond donors (Lipinski definition) is 6. The van der Waals surface area contributed by atoms with Gasteiger partial charge in [-0.2, -0.15) is 0 Å². The zero-order valence-electron chi connectivity index (χ0n) is 38.8. The van der Waals surface area contributed by atoms with E-state index in [1.807, 2.05) is 13.8 Å². The molecule has 4 bridgehead atoms. The molecule has 7 N–H and O–H groups in total. The number of benzene rings is 2. The second kappa shape index (κ2) is 22.6. The molecule has 366 valence electrons. The SMILES string of the molecule is COc1cc2cc(c1Cl)N(C)C(=O)CC(OC(=O)C(C)C)CC[C@H](C)C1CC(O)(NC(=O)O1)C(OC)/C=C/C1N(C(=O)OCc3ccc(NC(=O)C(CCCNC(N)=O)NC=O)cc3)[C@]1(C)C2. The summed E-state index contributed by atoms with van der Waals surface area (Å²) in [7, 11) is 4.39. The maximum Gasteiger partial charge on any atom is 0.411 e. The number of nitrogens with two attached hydrogens (primary N) is 1. The molecule has 0 saturated carbocycles. The van der Waals surface area contributed by atoms with Crippen molar-refractivity contribution in [3.8, 4) is 5.75 Å². The highest BCUT2D eigenvalue weighted by Crippen LogP contribution is 2.47. The first-order valence-corrected chi connectivity index (χ1v) is 22.5. The number of alkyl carbamates (subject to hydrolysis) is 1. The number of amides is 7. The lowest BCUT2D eigenvalue weighted by molar-refractivity contribution is -0.154. The third-order valence-electron chi connectivity index (χ3n) is 12.3. The molecule has 20 nitrogen and oxygen atoms in total. The van der Waals surface area contributed by atoms with Crippen molar-refractivity contribution in [3.05, 3.63) is 64.7 Å². The maximum atomic E-state index is 14.1. The maximum absolute atomic E-state index is 14.1. The monoisotopic (exact) mass is 955 g/mol. The summed E-state index contributed by atoms with van der Waals surface area (Å²) in [6, 6.07) is 7.81. The standard InChI is InChI=1S/C46H62ClN7O13/c1-26(2)41(58)66-31-15-10-27(3)35-23-46(62,52-43(60)67-35)37(64-7)17-16-36-45(4,22-29-19-33(53(5)38(56)21-31)39(47)34(20-29)63-6)54(36)44(61)65-24-28-11-13-30(14-12-28)51-40(57)32(50-25-55)9-8-18-49-42(48)59/h11-14,16-17,19-20,25-27,31-32,35-37,62H,8-10,15,18,21-24H2,1-7H3,(H,50,55)(H,51,57)(H,52,60)(H3,48,49,59)/b17-16+/t27-,31?,32?,35?,36?,37?,45+,46?,54?/m0/s1. The fourth-order valence-electron chi connectivity index (χ4n) is 8.32. The van der Waals surface area contributed by atoms with E-state index in [0.717, 1.165) is 0 Å². The number of anilines is 2. The molecule has 2 fully saturated rings. The second-order valence-electron chi connectivity index (χ2n) is 17.7. The van der Waals surface area contributed by atoms with Crippen LogP contribution in [0.5, 0.6) is 5.75 Å². The Bertz CT molecular complexity index is 2180. The number of aliphatic hydroxyl groups is 1. The molecule has 0 aromatic heterocycles. The quantitative estimate of drug-likeness (QED) is 0.0386. The van der Waals surface area contributed by atoms with E-state index in [2.05, 4.69) is 21.3 Å². The van der Waals surface area contributed by atoms with Crippen LogP contribution in [-0.4, -0.2) is 122 Å². The lowest BCUT2D eigenvalue weighted by Crippen LogP contribution is -2.63. The zero-order valence-corrected chi connectivity index (χ0v) is 39.6. The molecule has 6 unspecified atom stereocenters. The van der Waals surface area contributed by atoms with Crippen LogP contribution >= 0.6 is 11.6 Å². The summed E-state index contributed by atoms with van der Waals surface area (Å²) in [6.07, 6.45) is 0.613. The highest BCUT2D eigenvalue weighted by molar-refractivity contribution is 6.35. The van der Waals surface area contributed by atoms with Crippen LogP contribution in [0.4, 0.5) is 25.8 Å². The molecule has 3 aliphatic rings. The van der Waals surface area contributed by atoms with Gasteiger partial charge in [0.2, 0.25) is 18.2 Å². The Morgan fingerprint density at radius 1 is 1.10 bits per heavy atom. The van der Waals surface area contributed by atoms with E-state index in [4.69, 9.17) is 41.0 Å². The van der Waals surface area contributed by atoms with Gasteiger partial charge in [-0.1, -0.05) is 56.7 Å². The Morgan fingerprint density at radius 2 is 1.82 bits per heavy atom. The van der Waals surface area contributed by atoms with Gasteiger partial charge in [-0.15, -0.1) is 0 Å². The van der Waals surface area contributed by atoms with Crippen molar-refractivity contribution in [1.29, 1.82) is 0 Å². The van der Waals surface area contributed by atoms with Crippen molar-refractivity contribution < 1.29 is 62.4 Å². The van der Waals surface area contributed by atoms with E-state index < -0.39 is 83.6 Å². The smallest absolute Gasteiger partial charge is 0.411 e. The first-order valence-electron chi connectivity index (χ1n) is 22.1. The molecule has 3 heterocycles. The van der Waals surface area contributed by atoms with Crippen molar-refractivity contribution in [3.63, 3.8) is 0 Å². The predicted molar refractivity (Wildman–Crippen MR) is 245 cm³/mol. The lowest BCUT2D eigenvalue weighted by Gasteiger charge is -2.42. The minimum atomic E-state index is -1.93. The molecule has 2 aromatic carbocycles. The molecule has 3 aliphatic heterocycles. The Hall–Kier alpha value is -6.12. The van der Waals surface area contributed by atoms with E-state index in [9.17, 15) is 38.7 Å². The molecule has 2 saturated heterocycles. The van der Waals surface area contributed by atoms with Crippen LogP contribution in [0, 0.1) is 11.8 Å². The third kappa shape index (κ3) is 13.1. The van der Waals surface area contributed by atoms with Crippen molar-refractivity contribution in [1.82, 2.24) is 20.9 Å². The highest BCUT2D eigenvalue weighted by atomic mass is 35.5. The van der Waals surface area contributed by atoms with Crippen molar-refractivity contribution in [2.24, 2.45) is 17.6 Å². The average Bonchev–Trinajstić information content (AvgIpc) is 3.86. The molecule has 8 atom stereocenters. The van der Waals surface area contributed by atoms with Crippen molar-refractivity contribution in [2.75, 3.05) is 38.0 Å². The zero-order chi connectivity index (χ0) is 49.2. The van der Waals surface area contributed by atoms with E-state index >= 15 is 0 Å². The summed E-state index contributed by atoms with van der Waals surface area (Å²) in [6.45, 7) is 7.15. The number of fused-ring (bicyclic) bond motifs is 5. The highest BCUT2D eigenvalue weighted by Gasteiger charge is 2.61. The minimum Gasteiger partial charge on any atom is -0.495 e. The first kappa shape index (κ1) is 51.9. The average molecular weight is 956 g/mol. The molecule has 0 aliphatic carbocycles. The summed E-state index contributed by atoms with van der Waals surface area (Å²) < 4.78 is 28.7. The number of nitrogens with zero attached hydrogens (tertiary/aromatic N) is 2. The number of rotatable bonds is 14. The van der Waals surface area contributed by atoms with Gasteiger partial charge < -0.3 is 55.4 Å². The molecule has 0 radical (unpaired) electrons. The number of carbonyl (C=O) groups is 7. The number of methoxy groups -OCH3 is 2. The lowest BCUT2D eigenvalue weighted by atomic mass is 9.87. The normalized spacial score (nSPS) is 26.1. The number of primary amides is 1. The van der Waals surface area contributed by atoms with Gasteiger partial charge in [-0.05, 0) is 80.3 Å². The summed E-state index contributed by atoms with van der Waals surface area (Å²) in [5.74, 6) is -1.89. The fourth-order valence-corrected chi connectivity index (χ4v) is 8.63. The summed E-state index contributed by atoms with van der Waals surface area (Å²) in [5.41, 5.74) is 4.18. The van der Waals surface area contributed by atoms with Gasteiger partial charge in [0, 0.05) is 32.8 Å². The second-order valence-corrected chi connectivity index (χ2v) is 18.0. The van der Waals surface area contributed by atoms with Gasteiger partial charge in [0.05, 0.1) is 36.7 Å². The fraction of sp³-hybridized carbons (Fsp3) is 0.543. The topological polar surface area (TPSA) is 266 Å². The van der Waals surface area contributed by atoms with Gasteiger partial charge in [-0.3, -0.25) is 29.4 Å². The van der Waals surface area contributed by atoms with Gasteiger partial charge in [0.25, 0.3) is 0 Å². The number of ether oxygens (including phenoxy) is 5. The Labute approximate surface area is 394 Å². The van der Waals surface area contributed by atoms with Crippen molar-refractivity contribution in [2.45, 2.75) is 121 Å². The van der Waals surface area contributed by atoms with E-state index in [1.165, 1.54) is 24.0 Å². The van der Waals surface area contributed by atoms with Crippen LogP contribution < -0.4 is 36.6 Å². The van der Waals surface area contributed by atoms with E-state index in [0.29, 0.717) is 41.8 Å². The Morgan fingerprint density at radius 3 is 2.46 bits per heavy atom. The molecule has 7 amide bonds. The van der Waals surface area contributed by atoms with Gasteiger partial charge >= 0.3 is 24.2 Å². The van der Waals surface area contributed by atoms with E-state index in [1.54, 1.807) is 69.4 Å². The molecular weight excluding hydrogens is 894 g/mol. The Balaban J connectivity index is 1.42. The van der Waals surface area contributed by atoms with E-state index in [-0.39, 0.29) is 61.9 Å². The number of nitrogens with one attached hydrogen (secondary N) is 4. The molecular formula is C46H62ClN7O13. The van der Waals surface area contributed by atoms with Crippen LogP contribution in [0.25, 0.3) is 0 Å². The van der Waals surface area contributed by atoms with Gasteiger partial charge in [0.15, 0.2) is 5.72 Å². The molecule has 5 rings (SSSR count). The number of halogens is 1. The van der Waals surface area contributed by atoms with Crippen LogP contribution in [0.2, 0.25) is 5.02 Å². The summed E-state index contributed by atoms with van der Waals surface area (Å²) in [4.78, 5) is 91.8. The van der Waals surface area contributed by atoms with Gasteiger partial charge in [-0.25, -0.2) is 14.4 Å². The largest absolute Gasteiger partial charge is 0.495 e. The summed E-state index contributed by atoms with van der Waals surface area (Å²) in [5, 5.41) is 22.3. The summed E-state index contributed by atoms with van der Waals surface area (Å²) >= 11 is 6.84. The predicted octanol–water partition coefficient (Wildman–Crippen LogP) is 4.28. The van der Waals surface area contributed by atoms with Crippen molar-refractivity contribution >= 4 is 65.4 Å². The van der Waals surface area contributed by atoms with Crippen LogP contribution in [-0.2, 0) is 51.2 Å². The molecule has 21 heteroatoms. The molecule has 2 aromatic rings. The molecule has 67 heavy (non-hydrogen) atoms. The van der Waals surface area contributed by atoms with Gasteiger partial charge in [0.1, 0.15) is 41.7 Å². The van der Waals surface area contributed by atoms with Crippen LogP contribution in [0.1, 0.15) is 77.3 Å². The minimum absolute atomic E-state index is 0.0759. The Kier molecular flexibility index (Phi) is 17.5. The van der Waals surface area contributed by atoms with Crippen LogP contribution in [0.15, 0.2) is 48.6 Å². The van der Waals surface area contributed by atoms with Crippen LogP contribution in [0.3, 0.4) is 0 Å². The molecule has 0 spiro atoms. The third-order valence-corrected chi connectivity index (χ3v) is 12.7. The number of urea groups is 1. The number of hydrogen-bond acceptors (Lipinski definition) is 13. The number of esters is 1. The number of carbonyl (C=O) groups excluding carboxylic acids is 7. The first-order chi connectivity index (χ1) is 31.7.